The standard InChI is InChI=1S/C22H17F3N2O3.C2H6/c1-12-9-13(7-8-28)10-18(25)20(12)27-19(29)6-5-16(22(27)26-2)21(30)15-4-3-14(23)11-17(15)24;1-2/h3-6,8-11,26H,7H2,1-2H3;1-2H3. The first-order valence-corrected chi connectivity index (χ1v) is 9.95. The second-order valence-corrected chi connectivity index (χ2v) is 6.59. The summed E-state index contributed by atoms with van der Waals surface area (Å²) in [6.07, 6.45) is 0.643. The number of hydrogen-bond acceptors (Lipinski definition) is 4. The fourth-order valence-electron chi connectivity index (χ4n) is 3.31. The molecule has 0 atom stereocenters. The molecule has 0 saturated carbocycles. The maximum Gasteiger partial charge on any atom is 0.256 e. The Balaban J connectivity index is 0.00000176. The number of aromatic nitrogens is 1. The smallest absolute Gasteiger partial charge is 0.256 e. The van der Waals surface area contributed by atoms with Gasteiger partial charge in [0, 0.05) is 25.6 Å². The summed E-state index contributed by atoms with van der Waals surface area (Å²) in [6, 6.07) is 7.49. The molecule has 1 heterocycles. The van der Waals surface area contributed by atoms with Crippen LogP contribution in [0.1, 0.15) is 40.9 Å². The number of nitrogens with zero attached hydrogens (tertiary/aromatic N) is 1. The molecule has 1 aromatic heterocycles. The molecule has 0 fully saturated rings. The highest BCUT2D eigenvalue weighted by Crippen LogP contribution is 2.26. The Hall–Kier alpha value is -3.68. The molecule has 0 saturated heterocycles. The quantitative estimate of drug-likeness (QED) is 0.446. The number of carbonyl (C=O) groups excluding carboxylic acids is 2. The topological polar surface area (TPSA) is 68.2 Å². The summed E-state index contributed by atoms with van der Waals surface area (Å²) < 4.78 is 43.2. The maximum atomic E-state index is 14.9. The summed E-state index contributed by atoms with van der Waals surface area (Å²) in [4.78, 5) is 36.2. The summed E-state index contributed by atoms with van der Waals surface area (Å²) in [5.41, 5.74) is -0.421. The van der Waals surface area contributed by atoms with Crippen molar-refractivity contribution in [2.45, 2.75) is 27.2 Å². The number of rotatable bonds is 6. The highest BCUT2D eigenvalue weighted by molar-refractivity contribution is 6.12. The molecule has 32 heavy (non-hydrogen) atoms. The van der Waals surface area contributed by atoms with Crippen LogP contribution in [-0.2, 0) is 11.2 Å². The van der Waals surface area contributed by atoms with Crippen molar-refractivity contribution >= 4 is 17.9 Å². The Morgan fingerprint density at radius 3 is 2.22 bits per heavy atom. The van der Waals surface area contributed by atoms with Gasteiger partial charge in [0.15, 0.2) is 5.78 Å². The van der Waals surface area contributed by atoms with Crippen LogP contribution in [-0.4, -0.2) is 23.7 Å². The Morgan fingerprint density at radius 1 is 1.00 bits per heavy atom. The fraction of sp³-hybridized carbons (Fsp3) is 0.208. The van der Waals surface area contributed by atoms with E-state index < -0.39 is 34.4 Å². The van der Waals surface area contributed by atoms with Gasteiger partial charge >= 0.3 is 0 Å². The van der Waals surface area contributed by atoms with E-state index in [1.165, 1.54) is 13.1 Å². The summed E-state index contributed by atoms with van der Waals surface area (Å²) in [5.74, 6) is -3.51. The molecule has 8 heteroatoms. The van der Waals surface area contributed by atoms with Gasteiger partial charge in [-0.25, -0.2) is 13.2 Å². The number of anilines is 1. The summed E-state index contributed by atoms with van der Waals surface area (Å²) in [5, 5.41) is 2.70. The summed E-state index contributed by atoms with van der Waals surface area (Å²) >= 11 is 0. The van der Waals surface area contributed by atoms with Gasteiger partial charge in [0.1, 0.15) is 29.6 Å². The zero-order valence-corrected chi connectivity index (χ0v) is 18.1. The van der Waals surface area contributed by atoms with Crippen molar-refractivity contribution in [1.29, 1.82) is 0 Å². The van der Waals surface area contributed by atoms with Gasteiger partial charge in [-0.1, -0.05) is 19.9 Å². The van der Waals surface area contributed by atoms with Crippen LogP contribution in [0.25, 0.3) is 5.69 Å². The SMILES string of the molecule is CC.CNc1c(C(=O)c2ccc(F)cc2F)ccc(=O)n1-c1c(C)cc(CC=O)cc1F. The van der Waals surface area contributed by atoms with E-state index >= 15 is 0 Å². The molecule has 2 aromatic carbocycles. The molecule has 0 aliphatic rings. The molecule has 168 valence electrons. The number of carbonyl (C=O) groups is 2. The van der Waals surface area contributed by atoms with Gasteiger partial charge in [0.2, 0.25) is 0 Å². The van der Waals surface area contributed by atoms with E-state index in [0.717, 1.165) is 28.8 Å². The summed E-state index contributed by atoms with van der Waals surface area (Å²) in [7, 11) is 1.43. The molecule has 0 amide bonds. The first-order chi connectivity index (χ1) is 15.3. The third kappa shape index (κ3) is 4.80. The first-order valence-electron chi connectivity index (χ1n) is 9.95. The van der Waals surface area contributed by atoms with Gasteiger partial charge in [0.05, 0.1) is 16.8 Å². The van der Waals surface area contributed by atoms with Crippen LogP contribution in [0.2, 0.25) is 0 Å². The van der Waals surface area contributed by atoms with Crippen molar-refractivity contribution in [3.05, 3.63) is 92.5 Å². The lowest BCUT2D eigenvalue weighted by atomic mass is 10.0. The van der Waals surface area contributed by atoms with Crippen molar-refractivity contribution in [3.63, 3.8) is 0 Å². The number of halogens is 3. The molecule has 5 nitrogen and oxygen atoms in total. The average molecular weight is 444 g/mol. The molecular formula is C24H23F3N2O3. The molecule has 3 rings (SSSR count). The van der Waals surface area contributed by atoms with Crippen molar-refractivity contribution in [2.75, 3.05) is 12.4 Å². The molecule has 0 unspecified atom stereocenters. The predicted molar refractivity (Wildman–Crippen MR) is 117 cm³/mol. The molecule has 3 aromatic rings. The number of hydrogen-bond donors (Lipinski definition) is 1. The molecule has 0 bridgehead atoms. The number of nitrogens with one attached hydrogen (secondary N) is 1. The molecular weight excluding hydrogens is 421 g/mol. The minimum absolute atomic E-state index is 0.00813. The van der Waals surface area contributed by atoms with Crippen LogP contribution < -0.4 is 10.9 Å². The number of aldehydes is 1. The Bertz CT molecular complexity index is 1200. The van der Waals surface area contributed by atoms with Crippen LogP contribution in [0, 0.1) is 24.4 Å². The highest BCUT2D eigenvalue weighted by Gasteiger charge is 2.23. The molecule has 0 aliphatic heterocycles. The van der Waals surface area contributed by atoms with Crippen molar-refractivity contribution in [1.82, 2.24) is 4.57 Å². The van der Waals surface area contributed by atoms with E-state index in [2.05, 4.69) is 5.32 Å². The van der Waals surface area contributed by atoms with Gasteiger partial charge in [-0.05, 0) is 42.3 Å². The third-order valence-electron chi connectivity index (χ3n) is 4.61. The van der Waals surface area contributed by atoms with Crippen molar-refractivity contribution in [2.24, 2.45) is 0 Å². The molecule has 0 spiro atoms. The summed E-state index contributed by atoms with van der Waals surface area (Å²) in [6.45, 7) is 5.56. The zero-order valence-electron chi connectivity index (χ0n) is 18.1. The number of aryl methyl sites for hydroxylation is 1. The van der Waals surface area contributed by atoms with Gasteiger partial charge in [-0.3, -0.25) is 14.2 Å². The average Bonchev–Trinajstić information content (AvgIpc) is 2.75. The molecule has 1 N–H and O–H groups in total. The Morgan fingerprint density at radius 2 is 1.66 bits per heavy atom. The number of ketones is 1. The van der Waals surface area contributed by atoms with Gasteiger partial charge in [-0.15, -0.1) is 0 Å². The van der Waals surface area contributed by atoms with E-state index in [-0.39, 0.29) is 23.5 Å². The van der Waals surface area contributed by atoms with E-state index in [1.807, 2.05) is 13.8 Å². The maximum absolute atomic E-state index is 14.9. The van der Waals surface area contributed by atoms with Crippen LogP contribution in [0.3, 0.4) is 0 Å². The fourth-order valence-corrected chi connectivity index (χ4v) is 3.31. The Labute approximate surface area is 183 Å². The van der Waals surface area contributed by atoms with Crippen LogP contribution in [0.15, 0.2) is 47.3 Å². The van der Waals surface area contributed by atoms with E-state index in [0.29, 0.717) is 23.5 Å². The van der Waals surface area contributed by atoms with Gasteiger partial charge in [-0.2, -0.15) is 0 Å². The van der Waals surface area contributed by atoms with E-state index in [4.69, 9.17) is 0 Å². The largest absolute Gasteiger partial charge is 0.374 e. The minimum atomic E-state index is -1.06. The van der Waals surface area contributed by atoms with E-state index in [1.54, 1.807) is 13.0 Å². The van der Waals surface area contributed by atoms with E-state index in [9.17, 15) is 27.6 Å². The predicted octanol–water partition coefficient (Wildman–Crippen LogP) is 4.60. The molecule has 0 aliphatic carbocycles. The second kappa shape index (κ2) is 10.6. The highest BCUT2D eigenvalue weighted by atomic mass is 19.1. The van der Waals surface area contributed by atoms with Crippen LogP contribution in [0.4, 0.5) is 19.0 Å². The van der Waals surface area contributed by atoms with Crippen LogP contribution >= 0.6 is 0 Å². The monoisotopic (exact) mass is 444 g/mol. The van der Waals surface area contributed by atoms with Crippen molar-refractivity contribution < 1.29 is 22.8 Å². The van der Waals surface area contributed by atoms with Gasteiger partial charge in [0.25, 0.3) is 5.56 Å². The zero-order chi connectivity index (χ0) is 24.0. The lowest BCUT2D eigenvalue weighted by molar-refractivity contribution is -0.107. The second-order valence-electron chi connectivity index (χ2n) is 6.59. The normalized spacial score (nSPS) is 10.2. The molecule has 0 radical (unpaired) electrons. The number of benzene rings is 2. The Kier molecular flexibility index (Phi) is 8.12. The third-order valence-corrected chi connectivity index (χ3v) is 4.61. The minimum Gasteiger partial charge on any atom is -0.374 e. The lowest BCUT2D eigenvalue weighted by Crippen LogP contribution is -2.25. The van der Waals surface area contributed by atoms with Gasteiger partial charge < -0.3 is 10.1 Å². The number of pyridine rings is 1. The van der Waals surface area contributed by atoms with Crippen molar-refractivity contribution in [3.8, 4) is 5.69 Å². The lowest BCUT2D eigenvalue weighted by Gasteiger charge is -2.19. The first kappa shape index (κ1) is 24.6. The van der Waals surface area contributed by atoms with Crippen LogP contribution in [0.5, 0.6) is 0 Å².